The van der Waals surface area contributed by atoms with Crippen LogP contribution in [0.4, 0.5) is 0 Å². The van der Waals surface area contributed by atoms with E-state index in [0.717, 1.165) is 35.9 Å². The summed E-state index contributed by atoms with van der Waals surface area (Å²) in [7, 11) is 0. The summed E-state index contributed by atoms with van der Waals surface area (Å²) in [6.07, 6.45) is 4.25. The lowest BCUT2D eigenvalue weighted by Gasteiger charge is -2.30. The molecule has 2 aromatic rings. The number of aryl methyl sites for hydroxylation is 2. The number of benzene rings is 1. The van der Waals surface area contributed by atoms with Gasteiger partial charge in [0.1, 0.15) is 5.58 Å². The molecule has 1 aromatic heterocycles. The molecular weight excluding hydrogens is 276 g/mol. The normalized spacial score (nSPS) is 22.0. The standard InChI is InChI=1S/C18H24N2O2/c1-11-7-15-14(10-22-17(15)8-12(11)2)9-18(21)20-16-5-4-6-19-13(16)3/h7-8,10,13,16,19H,4-6,9H2,1-3H3,(H,20,21). The number of piperidine rings is 1. The molecule has 2 unspecified atom stereocenters. The number of fused-ring (bicyclic) bond motifs is 1. The molecule has 4 heteroatoms. The average molecular weight is 300 g/mol. The fourth-order valence-corrected chi connectivity index (χ4v) is 3.15. The summed E-state index contributed by atoms with van der Waals surface area (Å²) < 4.78 is 5.60. The minimum Gasteiger partial charge on any atom is -0.464 e. The zero-order chi connectivity index (χ0) is 15.7. The van der Waals surface area contributed by atoms with Gasteiger partial charge in [0, 0.05) is 23.0 Å². The molecule has 1 aliphatic rings. The van der Waals surface area contributed by atoms with Gasteiger partial charge in [0.2, 0.25) is 5.91 Å². The predicted molar refractivity (Wildman–Crippen MR) is 88.0 cm³/mol. The van der Waals surface area contributed by atoms with Gasteiger partial charge >= 0.3 is 0 Å². The van der Waals surface area contributed by atoms with Crippen LogP contribution in [-0.4, -0.2) is 24.5 Å². The molecule has 0 bridgehead atoms. The van der Waals surface area contributed by atoms with Crippen molar-refractivity contribution < 1.29 is 9.21 Å². The van der Waals surface area contributed by atoms with Gasteiger partial charge in [-0.05, 0) is 63.4 Å². The Morgan fingerprint density at radius 3 is 2.91 bits per heavy atom. The maximum Gasteiger partial charge on any atom is 0.224 e. The van der Waals surface area contributed by atoms with Crippen LogP contribution >= 0.6 is 0 Å². The van der Waals surface area contributed by atoms with Crippen molar-refractivity contribution in [1.82, 2.24) is 10.6 Å². The second-order valence-corrected chi connectivity index (χ2v) is 6.43. The summed E-state index contributed by atoms with van der Waals surface area (Å²) in [6.45, 7) is 7.32. The molecule has 1 saturated heterocycles. The maximum atomic E-state index is 12.3. The van der Waals surface area contributed by atoms with Crippen LogP contribution in [0.3, 0.4) is 0 Å². The molecule has 22 heavy (non-hydrogen) atoms. The van der Waals surface area contributed by atoms with Crippen LogP contribution in [0.5, 0.6) is 0 Å². The minimum absolute atomic E-state index is 0.0708. The first-order valence-corrected chi connectivity index (χ1v) is 8.04. The van der Waals surface area contributed by atoms with Gasteiger partial charge in [0.15, 0.2) is 0 Å². The molecule has 1 fully saturated rings. The summed E-state index contributed by atoms with van der Waals surface area (Å²) in [5.41, 5.74) is 4.26. The second-order valence-electron chi connectivity index (χ2n) is 6.43. The van der Waals surface area contributed by atoms with Crippen molar-refractivity contribution in [1.29, 1.82) is 0 Å². The molecule has 1 aromatic carbocycles. The number of furan rings is 1. The highest BCUT2D eigenvalue weighted by Gasteiger charge is 2.22. The van der Waals surface area contributed by atoms with Crippen molar-refractivity contribution >= 4 is 16.9 Å². The van der Waals surface area contributed by atoms with E-state index in [9.17, 15) is 4.79 Å². The largest absolute Gasteiger partial charge is 0.464 e. The molecule has 2 N–H and O–H groups in total. The Hall–Kier alpha value is -1.81. The fourth-order valence-electron chi connectivity index (χ4n) is 3.15. The zero-order valence-electron chi connectivity index (χ0n) is 13.5. The lowest BCUT2D eigenvalue weighted by Crippen LogP contribution is -2.52. The van der Waals surface area contributed by atoms with Crippen LogP contribution in [0.2, 0.25) is 0 Å². The molecule has 1 amide bonds. The van der Waals surface area contributed by atoms with Gasteiger partial charge in [-0.1, -0.05) is 0 Å². The quantitative estimate of drug-likeness (QED) is 0.916. The first-order chi connectivity index (χ1) is 10.5. The van der Waals surface area contributed by atoms with Crippen LogP contribution in [0.15, 0.2) is 22.8 Å². The molecular formula is C18H24N2O2. The molecule has 0 saturated carbocycles. The van der Waals surface area contributed by atoms with E-state index in [4.69, 9.17) is 4.42 Å². The van der Waals surface area contributed by atoms with Crippen molar-refractivity contribution in [3.05, 3.63) is 35.1 Å². The van der Waals surface area contributed by atoms with Crippen molar-refractivity contribution in [2.75, 3.05) is 6.54 Å². The van der Waals surface area contributed by atoms with Gasteiger partial charge in [-0.15, -0.1) is 0 Å². The molecule has 0 aliphatic carbocycles. The number of amides is 1. The number of carbonyl (C=O) groups is 1. The molecule has 2 atom stereocenters. The van der Waals surface area contributed by atoms with E-state index in [1.165, 1.54) is 11.1 Å². The second kappa shape index (κ2) is 6.13. The van der Waals surface area contributed by atoms with E-state index in [-0.39, 0.29) is 11.9 Å². The summed E-state index contributed by atoms with van der Waals surface area (Å²) >= 11 is 0. The molecule has 4 nitrogen and oxygen atoms in total. The van der Waals surface area contributed by atoms with E-state index >= 15 is 0 Å². The minimum atomic E-state index is 0.0708. The first kappa shape index (κ1) is 15.1. The van der Waals surface area contributed by atoms with Gasteiger partial charge in [-0.25, -0.2) is 0 Å². The van der Waals surface area contributed by atoms with Crippen molar-refractivity contribution in [3.63, 3.8) is 0 Å². The number of hydrogen-bond donors (Lipinski definition) is 2. The Morgan fingerprint density at radius 2 is 2.14 bits per heavy atom. The van der Waals surface area contributed by atoms with Gasteiger partial charge < -0.3 is 15.1 Å². The molecule has 3 rings (SSSR count). The summed E-state index contributed by atoms with van der Waals surface area (Å²) in [6, 6.07) is 4.72. The van der Waals surface area contributed by atoms with E-state index < -0.39 is 0 Å². The van der Waals surface area contributed by atoms with Crippen LogP contribution in [0.1, 0.15) is 36.5 Å². The van der Waals surface area contributed by atoms with E-state index in [1.807, 2.05) is 6.07 Å². The van der Waals surface area contributed by atoms with Crippen molar-refractivity contribution in [3.8, 4) is 0 Å². The zero-order valence-corrected chi connectivity index (χ0v) is 13.5. The summed E-state index contributed by atoms with van der Waals surface area (Å²) in [5.74, 6) is 0.0708. The predicted octanol–water partition coefficient (Wildman–Crippen LogP) is 2.85. The van der Waals surface area contributed by atoms with E-state index in [0.29, 0.717) is 12.5 Å². The Labute approximate surface area is 131 Å². The Balaban J connectivity index is 1.72. The Bertz CT molecular complexity index is 690. The highest BCUT2D eigenvalue weighted by atomic mass is 16.3. The van der Waals surface area contributed by atoms with Crippen LogP contribution in [0, 0.1) is 13.8 Å². The maximum absolute atomic E-state index is 12.3. The van der Waals surface area contributed by atoms with E-state index in [1.54, 1.807) is 6.26 Å². The van der Waals surface area contributed by atoms with Gasteiger partial charge in [-0.3, -0.25) is 4.79 Å². The highest BCUT2D eigenvalue weighted by molar-refractivity contribution is 5.88. The first-order valence-electron chi connectivity index (χ1n) is 8.04. The van der Waals surface area contributed by atoms with E-state index in [2.05, 4.69) is 37.5 Å². The van der Waals surface area contributed by atoms with Crippen LogP contribution < -0.4 is 10.6 Å². The fraction of sp³-hybridized carbons (Fsp3) is 0.500. The lowest BCUT2D eigenvalue weighted by atomic mass is 9.99. The molecule has 118 valence electrons. The number of hydrogen-bond acceptors (Lipinski definition) is 3. The van der Waals surface area contributed by atoms with Crippen molar-refractivity contribution in [2.45, 2.75) is 52.1 Å². The smallest absolute Gasteiger partial charge is 0.224 e. The summed E-state index contributed by atoms with van der Waals surface area (Å²) in [5, 5.41) is 7.61. The monoisotopic (exact) mass is 300 g/mol. The third-order valence-corrected chi connectivity index (χ3v) is 4.73. The van der Waals surface area contributed by atoms with Gasteiger partial charge in [0.25, 0.3) is 0 Å². The number of rotatable bonds is 3. The highest BCUT2D eigenvalue weighted by Crippen LogP contribution is 2.25. The molecule has 1 aliphatic heterocycles. The van der Waals surface area contributed by atoms with Gasteiger partial charge in [0.05, 0.1) is 12.7 Å². The molecule has 0 radical (unpaired) electrons. The summed E-state index contributed by atoms with van der Waals surface area (Å²) in [4.78, 5) is 12.3. The van der Waals surface area contributed by atoms with Crippen LogP contribution in [-0.2, 0) is 11.2 Å². The topological polar surface area (TPSA) is 54.3 Å². The third kappa shape index (κ3) is 3.02. The average Bonchev–Trinajstić information content (AvgIpc) is 2.84. The third-order valence-electron chi connectivity index (χ3n) is 4.73. The Morgan fingerprint density at radius 1 is 1.36 bits per heavy atom. The Kier molecular flexibility index (Phi) is 4.21. The lowest BCUT2D eigenvalue weighted by molar-refractivity contribution is -0.121. The van der Waals surface area contributed by atoms with Gasteiger partial charge in [-0.2, -0.15) is 0 Å². The molecule has 0 spiro atoms. The SMILES string of the molecule is Cc1cc2occ(CC(=O)NC3CCCNC3C)c2cc1C. The number of nitrogens with one attached hydrogen (secondary N) is 2. The van der Waals surface area contributed by atoms with Crippen LogP contribution in [0.25, 0.3) is 11.0 Å². The molecule has 2 heterocycles. The number of carbonyl (C=O) groups excluding carboxylic acids is 1. The van der Waals surface area contributed by atoms with Crippen molar-refractivity contribution in [2.24, 2.45) is 0 Å².